The molecule has 0 radical (unpaired) electrons. The highest BCUT2D eigenvalue weighted by Gasteiger charge is 2.57. The van der Waals surface area contributed by atoms with Gasteiger partial charge in [0.1, 0.15) is 12.4 Å². The number of ether oxygens (including phenoxy) is 2. The van der Waals surface area contributed by atoms with Crippen LogP contribution in [0.5, 0.6) is 5.75 Å². The van der Waals surface area contributed by atoms with Gasteiger partial charge in [-0.1, -0.05) is 18.2 Å². The van der Waals surface area contributed by atoms with Crippen LogP contribution in [0.25, 0.3) is 0 Å². The Morgan fingerprint density at radius 1 is 1.29 bits per heavy atom. The number of rotatable bonds is 7. The molecule has 1 heterocycles. The van der Waals surface area contributed by atoms with E-state index in [0.717, 1.165) is 43.7 Å². The second-order valence-electron chi connectivity index (χ2n) is 6.54. The molecule has 0 aromatic heterocycles. The van der Waals surface area contributed by atoms with Crippen LogP contribution in [0.3, 0.4) is 0 Å². The van der Waals surface area contributed by atoms with E-state index in [1.807, 2.05) is 24.3 Å². The zero-order chi connectivity index (χ0) is 16.1. The van der Waals surface area contributed by atoms with Crippen LogP contribution in [-0.2, 0) is 16.1 Å². The molecule has 2 fully saturated rings. The minimum absolute atomic E-state index is 0. The van der Waals surface area contributed by atoms with Crippen LogP contribution in [0.1, 0.15) is 24.8 Å². The minimum atomic E-state index is 0. The fraction of sp³-hybridized carbons (Fsp3) is 0.611. The van der Waals surface area contributed by atoms with Crippen LogP contribution in [0.15, 0.2) is 24.3 Å². The van der Waals surface area contributed by atoms with Crippen LogP contribution >= 0.6 is 12.4 Å². The van der Waals surface area contributed by atoms with E-state index in [0.29, 0.717) is 19.8 Å². The molecule has 1 aliphatic heterocycles. The monoisotopic (exact) mass is 354 g/mol. The molecule has 1 aromatic carbocycles. The summed E-state index contributed by atoms with van der Waals surface area (Å²) in [6.07, 6.45) is 3.30. The lowest BCUT2D eigenvalue weighted by molar-refractivity contribution is -0.123. The van der Waals surface area contributed by atoms with E-state index in [-0.39, 0.29) is 29.6 Å². The van der Waals surface area contributed by atoms with Crippen molar-refractivity contribution in [2.75, 3.05) is 33.4 Å². The third-order valence-electron chi connectivity index (χ3n) is 5.08. The average Bonchev–Trinajstić information content (AvgIpc) is 3.27. The molecule has 1 spiro atoms. The Kier molecular flexibility index (Phi) is 6.90. The van der Waals surface area contributed by atoms with Crippen molar-refractivity contribution < 1.29 is 14.3 Å². The van der Waals surface area contributed by atoms with Gasteiger partial charge < -0.3 is 20.1 Å². The van der Waals surface area contributed by atoms with Crippen LogP contribution in [0.4, 0.5) is 0 Å². The number of nitrogens with one attached hydrogen (secondary N) is 2. The van der Waals surface area contributed by atoms with Gasteiger partial charge in [-0.2, -0.15) is 0 Å². The normalized spacial score (nSPS) is 21.0. The van der Waals surface area contributed by atoms with E-state index < -0.39 is 0 Å². The van der Waals surface area contributed by atoms with Gasteiger partial charge in [-0.25, -0.2) is 0 Å². The Morgan fingerprint density at radius 3 is 2.79 bits per heavy atom. The van der Waals surface area contributed by atoms with Crippen molar-refractivity contribution in [3.8, 4) is 5.75 Å². The number of hydrogen-bond donors (Lipinski definition) is 2. The average molecular weight is 355 g/mol. The van der Waals surface area contributed by atoms with Crippen molar-refractivity contribution in [3.63, 3.8) is 0 Å². The maximum Gasteiger partial charge on any atom is 0.223 e. The lowest BCUT2D eigenvalue weighted by atomic mass is 9.92. The van der Waals surface area contributed by atoms with Gasteiger partial charge in [-0.05, 0) is 43.8 Å². The van der Waals surface area contributed by atoms with Crippen molar-refractivity contribution in [1.29, 1.82) is 0 Å². The standard InChI is InChI=1S/C18H26N2O3.ClH/c1-22-10-11-23-16-5-3-2-4-14(16)13-20-17(21)15-12-18(15)6-8-19-9-7-18;/h2-5,15,19H,6-13H2,1H3,(H,20,21);1H. The number of piperidine rings is 1. The SMILES string of the molecule is COCCOc1ccccc1CNC(=O)C1CC12CCNCC2.Cl. The van der Waals surface area contributed by atoms with Crippen molar-refractivity contribution in [1.82, 2.24) is 10.6 Å². The largest absolute Gasteiger partial charge is 0.491 e. The second-order valence-corrected chi connectivity index (χ2v) is 6.54. The molecule has 2 aliphatic rings. The topological polar surface area (TPSA) is 59.6 Å². The zero-order valence-electron chi connectivity index (χ0n) is 14.2. The summed E-state index contributed by atoms with van der Waals surface area (Å²) in [5.74, 6) is 1.21. The van der Waals surface area contributed by atoms with Gasteiger partial charge in [0, 0.05) is 25.1 Å². The van der Waals surface area contributed by atoms with Crippen LogP contribution in [-0.4, -0.2) is 39.3 Å². The number of hydrogen-bond acceptors (Lipinski definition) is 4. The van der Waals surface area contributed by atoms with Crippen LogP contribution in [0.2, 0.25) is 0 Å². The predicted octanol–water partition coefficient (Wildman–Crippen LogP) is 2.14. The fourth-order valence-electron chi connectivity index (χ4n) is 3.53. The molecule has 1 saturated heterocycles. The third kappa shape index (κ3) is 4.41. The number of halogens is 1. The molecule has 1 unspecified atom stereocenters. The van der Waals surface area contributed by atoms with Crippen molar-refractivity contribution in [2.45, 2.75) is 25.8 Å². The van der Waals surface area contributed by atoms with E-state index in [2.05, 4.69) is 10.6 Å². The van der Waals surface area contributed by atoms with Gasteiger partial charge in [0.15, 0.2) is 0 Å². The first-order valence-electron chi connectivity index (χ1n) is 8.43. The molecule has 134 valence electrons. The van der Waals surface area contributed by atoms with E-state index in [1.54, 1.807) is 7.11 Å². The summed E-state index contributed by atoms with van der Waals surface area (Å²) in [7, 11) is 1.65. The Labute approximate surface area is 149 Å². The molecule has 1 atom stereocenters. The first kappa shape index (κ1) is 19.0. The lowest BCUT2D eigenvalue weighted by Crippen LogP contribution is -2.33. The zero-order valence-corrected chi connectivity index (χ0v) is 15.0. The first-order valence-corrected chi connectivity index (χ1v) is 8.43. The lowest BCUT2D eigenvalue weighted by Gasteiger charge is -2.23. The van der Waals surface area contributed by atoms with E-state index in [9.17, 15) is 4.79 Å². The quantitative estimate of drug-likeness (QED) is 0.736. The second kappa shape index (κ2) is 8.70. The van der Waals surface area contributed by atoms with Gasteiger partial charge >= 0.3 is 0 Å². The first-order chi connectivity index (χ1) is 11.2. The summed E-state index contributed by atoms with van der Waals surface area (Å²) in [5, 5.41) is 6.46. The summed E-state index contributed by atoms with van der Waals surface area (Å²) in [4.78, 5) is 12.4. The molecule has 5 nitrogen and oxygen atoms in total. The van der Waals surface area contributed by atoms with Gasteiger partial charge in [0.05, 0.1) is 6.61 Å². The van der Waals surface area contributed by atoms with Crippen molar-refractivity contribution in [2.24, 2.45) is 11.3 Å². The highest BCUT2D eigenvalue weighted by atomic mass is 35.5. The number of carbonyl (C=O) groups is 1. The Hall–Kier alpha value is -1.30. The Balaban J connectivity index is 0.00000208. The van der Waals surface area contributed by atoms with Gasteiger partial charge in [-0.3, -0.25) is 4.79 Å². The highest BCUT2D eigenvalue weighted by molar-refractivity contribution is 5.85. The summed E-state index contributed by atoms with van der Waals surface area (Å²) >= 11 is 0. The molecule has 3 rings (SSSR count). The summed E-state index contributed by atoms with van der Waals surface area (Å²) in [6, 6.07) is 7.84. The molecule has 1 amide bonds. The van der Waals surface area contributed by atoms with E-state index in [4.69, 9.17) is 9.47 Å². The maximum absolute atomic E-state index is 12.4. The third-order valence-corrected chi connectivity index (χ3v) is 5.08. The summed E-state index contributed by atoms with van der Waals surface area (Å²) in [5.41, 5.74) is 1.29. The number of para-hydroxylation sites is 1. The molecule has 1 saturated carbocycles. The molecule has 1 aliphatic carbocycles. The van der Waals surface area contributed by atoms with E-state index >= 15 is 0 Å². The van der Waals surface area contributed by atoms with Crippen molar-refractivity contribution >= 4 is 18.3 Å². The number of methoxy groups -OCH3 is 1. The number of carbonyl (C=O) groups excluding carboxylic acids is 1. The highest BCUT2D eigenvalue weighted by Crippen LogP contribution is 2.58. The smallest absolute Gasteiger partial charge is 0.223 e. The molecule has 0 bridgehead atoms. The van der Waals surface area contributed by atoms with E-state index in [1.165, 1.54) is 0 Å². The van der Waals surface area contributed by atoms with Gasteiger partial charge in [0.2, 0.25) is 5.91 Å². The Bertz CT molecular complexity index is 547. The molecular weight excluding hydrogens is 328 g/mol. The van der Waals surface area contributed by atoms with Crippen LogP contribution < -0.4 is 15.4 Å². The Morgan fingerprint density at radius 2 is 2.04 bits per heavy atom. The molecule has 24 heavy (non-hydrogen) atoms. The molecule has 2 N–H and O–H groups in total. The summed E-state index contributed by atoms with van der Waals surface area (Å²) < 4.78 is 10.7. The molecular formula is C18H27ClN2O3. The maximum atomic E-state index is 12.4. The molecule has 1 aromatic rings. The van der Waals surface area contributed by atoms with Crippen LogP contribution in [0, 0.1) is 11.3 Å². The summed E-state index contributed by atoms with van der Waals surface area (Å²) in [6.45, 7) is 3.67. The predicted molar refractivity (Wildman–Crippen MR) is 95.6 cm³/mol. The number of benzene rings is 1. The number of amides is 1. The minimum Gasteiger partial charge on any atom is -0.491 e. The van der Waals surface area contributed by atoms with Crippen molar-refractivity contribution in [3.05, 3.63) is 29.8 Å². The van der Waals surface area contributed by atoms with Gasteiger partial charge in [0.25, 0.3) is 0 Å². The molecule has 6 heteroatoms. The van der Waals surface area contributed by atoms with Gasteiger partial charge in [-0.15, -0.1) is 12.4 Å². The fourth-order valence-corrected chi connectivity index (χ4v) is 3.53.